The molecule has 1 aliphatic rings. The first kappa shape index (κ1) is 22.7. The van der Waals surface area contributed by atoms with Crippen LogP contribution in [0.3, 0.4) is 0 Å². The molecule has 0 spiro atoms. The van der Waals surface area contributed by atoms with E-state index in [4.69, 9.17) is 14.6 Å². The van der Waals surface area contributed by atoms with Gasteiger partial charge in [0.2, 0.25) is 11.9 Å². The van der Waals surface area contributed by atoms with Crippen LogP contribution in [0.15, 0.2) is 41.6 Å². The maximum atomic E-state index is 14.1. The molecule has 0 unspecified atom stereocenters. The maximum absolute atomic E-state index is 14.1. The van der Waals surface area contributed by atoms with Gasteiger partial charge in [-0.3, -0.25) is 19.0 Å². The number of halogens is 1. The van der Waals surface area contributed by atoms with Crippen LogP contribution in [0, 0.1) is 5.82 Å². The molecule has 1 amide bonds. The summed E-state index contributed by atoms with van der Waals surface area (Å²) in [6.45, 7) is 2.13. The predicted octanol–water partition coefficient (Wildman–Crippen LogP) is 0.892. The maximum Gasteiger partial charge on any atom is 0.290 e. The van der Waals surface area contributed by atoms with Crippen LogP contribution in [0.1, 0.15) is 6.42 Å². The number of hydrogen-bond acceptors (Lipinski definition) is 8. The van der Waals surface area contributed by atoms with Gasteiger partial charge < -0.3 is 20.1 Å². The third-order valence-electron chi connectivity index (χ3n) is 4.59. The lowest BCUT2D eigenvalue weighted by Gasteiger charge is -2.26. The van der Waals surface area contributed by atoms with Gasteiger partial charge in [-0.1, -0.05) is 12.1 Å². The topological polar surface area (TPSA) is 140 Å². The van der Waals surface area contributed by atoms with Gasteiger partial charge in [0.05, 0.1) is 36.6 Å². The summed E-state index contributed by atoms with van der Waals surface area (Å²) >= 11 is 0. The summed E-state index contributed by atoms with van der Waals surface area (Å²) in [4.78, 5) is 47.3. The van der Waals surface area contributed by atoms with Crippen LogP contribution in [0.4, 0.5) is 16.2 Å². The number of nitrogens with zero attached hydrogens (tertiary/aromatic N) is 5. The molecule has 4 rings (SSSR count). The molecular weight excluding hydrogens is 423 g/mol. The zero-order valence-electron chi connectivity index (χ0n) is 17.0. The van der Waals surface area contributed by atoms with Crippen LogP contribution in [0.5, 0.6) is 0 Å². The zero-order valence-corrected chi connectivity index (χ0v) is 17.0. The van der Waals surface area contributed by atoms with Crippen molar-refractivity contribution in [3.05, 3.63) is 53.0 Å². The van der Waals surface area contributed by atoms with Gasteiger partial charge in [0, 0.05) is 26.1 Å². The van der Waals surface area contributed by atoms with Gasteiger partial charge in [-0.2, -0.15) is 4.98 Å². The number of carboxylic acid groups (broad SMARTS) is 1. The molecule has 11 nitrogen and oxygen atoms in total. The lowest BCUT2D eigenvalue weighted by molar-refractivity contribution is -0.123. The lowest BCUT2D eigenvalue weighted by Crippen LogP contribution is -2.37. The number of anilines is 2. The van der Waals surface area contributed by atoms with Crippen molar-refractivity contribution in [2.75, 3.05) is 36.5 Å². The van der Waals surface area contributed by atoms with Crippen molar-refractivity contribution in [2.24, 2.45) is 0 Å². The molecule has 2 N–H and O–H groups in total. The van der Waals surface area contributed by atoms with E-state index in [2.05, 4.69) is 20.3 Å². The van der Waals surface area contributed by atoms with Crippen LogP contribution in [0.25, 0.3) is 10.9 Å². The van der Waals surface area contributed by atoms with Crippen molar-refractivity contribution < 1.29 is 23.8 Å². The third-order valence-corrected chi connectivity index (χ3v) is 4.59. The molecule has 32 heavy (non-hydrogen) atoms. The highest BCUT2D eigenvalue weighted by atomic mass is 19.1. The van der Waals surface area contributed by atoms with Gasteiger partial charge >= 0.3 is 0 Å². The molecule has 12 heteroatoms. The van der Waals surface area contributed by atoms with Gasteiger partial charge in [0.15, 0.2) is 11.6 Å². The van der Waals surface area contributed by atoms with Gasteiger partial charge in [0.25, 0.3) is 12.0 Å². The van der Waals surface area contributed by atoms with E-state index in [0.29, 0.717) is 43.2 Å². The second-order valence-corrected chi connectivity index (χ2v) is 6.63. The fourth-order valence-corrected chi connectivity index (χ4v) is 3.04. The molecule has 0 aliphatic carbocycles. The number of aromatic nitrogens is 4. The Balaban J connectivity index is 0.000000913. The van der Waals surface area contributed by atoms with E-state index in [1.807, 2.05) is 4.90 Å². The highest BCUT2D eigenvalue weighted by molar-refractivity contribution is 5.89. The molecule has 3 heterocycles. The number of para-hydroxylation sites is 1. The first-order valence-corrected chi connectivity index (χ1v) is 9.70. The lowest BCUT2D eigenvalue weighted by atomic mass is 10.2. The molecule has 1 saturated heterocycles. The third kappa shape index (κ3) is 5.60. The number of carbonyl (C=O) groups is 2. The highest BCUT2D eigenvalue weighted by Gasteiger charge is 2.17. The summed E-state index contributed by atoms with van der Waals surface area (Å²) in [6.07, 6.45) is 2.40. The van der Waals surface area contributed by atoms with E-state index in [0.717, 1.165) is 6.20 Å². The van der Waals surface area contributed by atoms with E-state index in [1.54, 1.807) is 24.3 Å². The average molecular weight is 444 g/mol. The fraction of sp³-hybridized carbons (Fsp3) is 0.300. The van der Waals surface area contributed by atoms with E-state index < -0.39 is 11.7 Å². The summed E-state index contributed by atoms with van der Waals surface area (Å²) in [5.74, 6) is -1.04. The van der Waals surface area contributed by atoms with Crippen molar-refractivity contribution in [3.8, 4) is 0 Å². The zero-order chi connectivity index (χ0) is 22.9. The molecule has 0 radical (unpaired) electrons. The minimum Gasteiger partial charge on any atom is -0.483 e. The van der Waals surface area contributed by atoms with E-state index in [-0.39, 0.29) is 30.8 Å². The van der Waals surface area contributed by atoms with Crippen LogP contribution in [-0.4, -0.2) is 63.3 Å². The fourth-order valence-electron chi connectivity index (χ4n) is 3.04. The van der Waals surface area contributed by atoms with Crippen LogP contribution in [-0.2, 0) is 20.9 Å². The van der Waals surface area contributed by atoms with E-state index in [9.17, 15) is 14.0 Å². The Morgan fingerprint density at radius 3 is 2.72 bits per heavy atom. The normalized spacial score (nSPS) is 13.2. The quantitative estimate of drug-likeness (QED) is 0.549. The van der Waals surface area contributed by atoms with Gasteiger partial charge in [0.1, 0.15) is 0 Å². The van der Waals surface area contributed by atoms with Gasteiger partial charge in [-0.25, -0.2) is 14.4 Å². The standard InChI is InChI=1S/C19H19FN6O3.CH2O2/c20-14-11-21-19(25-7-9-29-10-8-25)24-17(14)23-16(27)5-6-26-12-22-15-4-2-1-3-13(15)18(26)28;2-1-3/h1-4,11-12H,5-10H2,(H,21,23,24,27);1H,(H,2,3). The van der Waals surface area contributed by atoms with Crippen molar-refractivity contribution >= 4 is 35.0 Å². The molecule has 168 valence electrons. The molecule has 0 atom stereocenters. The minimum absolute atomic E-state index is 0.0315. The van der Waals surface area contributed by atoms with E-state index in [1.165, 1.54) is 10.9 Å². The summed E-state index contributed by atoms with van der Waals surface area (Å²) in [6, 6.07) is 6.99. The van der Waals surface area contributed by atoms with E-state index >= 15 is 0 Å². The molecular formula is C20H21FN6O5. The van der Waals surface area contributed by atoms with Gasteiger partial charge in [-0.05, 0) is 12.1 Å². The van der Waals surface area contributed by atoms with Crippen LogP contribution in [0.2, 0.25) is 0 Å². The molecule has 0 bridgehead atoms. The smallest absolute Gasteiger partial charge is 0.290 e. The number of ether oxygens (including phenoxy) is 1. The van der Waals surface area contributed by atoms with Crippen LogP contribution < -0.4 is 15.8 Å². The number of hydrogen-bond donors (Lipinski definition) is 2. The molecule has 3 aromatic rings. The second kappa shape index (κ2) is 10.9. The Labute approximate surface area is 181 Å². The number of amides is 1. The van der Waals surface area contributed by atoms with Crippen molar-refractivity contribution in [3.63, 3.8) is 0 Å². The Bertz CT molecular complexity index is 1150. The van der Waals surface area contributed by atoms with Gasteiger partial charge in [-0.15, -0.1) is 0 Å². The summed E-state index contributed by atoms with van der Waals surface area (Å²) in [5.41, 5.74) is 0.364. The average Bonchev–Trinajstić information content (AvgIpc) is 2.81. The van der Waals surface area contributed by atoms with Crippen molar-refractivity contribution in [2.45, 2.75) is 13.0 Å². The summed E-state index contributed by atoms with van der Waals surface area (Å²) in [5, 5.41) is 9.83. The number of carbonyl (C=O) groups excluding carboxylic acids is 1. The second-order valence-electron chi connectivity index (χ2n) is 6.63. The Morgan fingerprint density at radius 2 is 1.97 bits per heavy atom. The molecule has 2 aromatic heterocycles. The molecule has 1 aromatic carbocycles. The Kier molecular flexibility index (Phi) is 7.75. The number of aryl methyl sites for hydroxylation is 1. The number of fused-ring (bicyclic) bond motifs is 1. The number of benzene rings is 1. The number of morpholine rings is 1. The number of rotatable bonds is 5. The Morgan fingerprint density at radius 1 is 1.25 bits per heavy atom. The summed E-state index contributed by atoms with van der Waals surface area (Å²) in [7, 11) is 0. The molecule has 1 fully saturated rings. The summed E-state index contributed by atoms with van der Waals surface area (Å²) < 4.78 is 20.7. The first-order valence-electron chi connectivity index (χ1n) is 9.70. The SMILES string of the molecule is O=C(CCn1cnc2ccccc2c1=O)Nc1nc(N2CCOCC2)ncc1F.O=CO. The predicted molar refractivity (Wildman–Crippen MR) is 113 cm³/mol. The molecule has 1 aliphatic heterocycles. The first-order chi connectivity index (χ1) is 15.5. The number of nitrogens with one attached hydrogen (secondary N) is 1. The van der Waals surface area contributed by atoms with Crippen molar-refractivity contribution in [1.29, 1.82) is 0 Å². The largest absolute Gasteiger partial charge is 0.483 e. The monoisotopic (exact) mass is 444 g/mol. The van der Waals surface area contributed by atoms with Crippen LogP contribution >= 0.6 is 0 Å². The van der Waals surface area contributed by atoms with Crippen molar-refractivity contribution in [1.82, 2.24) is 19.5 Å². The minimum atomic E-state index is -0.722. The molecule has 0 saturated carbocycles. The highest BCUT2D eigenvalue weighted by Crippen LogP contribution is 2.16. The Hall–Kier alpha value is -3.93.